The molecule has 0 atom stereocenters. The third kappa shape index (κ3) is 2.61. The second kappa shape index (κ2) is 4.80. The molecule has 0 saturated carbocycles. The number of carboxylic acid groups (broad SMARTS) is 1. The van der Waals surface area contributed by atoms with E-state index in [2.05, 4.69) is 15.9 Å². The molecule has 1 aliphatic rings. The molecule has 1 aromatic rings. The van der Waals surface area contributed by atoms with Crippen molar-refractivity contribution in [3.8, 4) is 11.5 Å². The summed E-state index contributed by atoms with van der Waals surface area (Å²) in [6.07, 6.45) is 0.0608. The normalized spacial score (nSPS) is 14.4. The van der Waals surface area contributed by atoms with Crippen LogP contribution in [0.5, 0.6) is 11.5 Å². The van der Waals surface area contributed by atoms with Crippen LogP contribution in [0.3, 0.4) is 0 Å². The summed E-state index contributed by atoms with van der Waals surface area (Å²) in [4.78, 5) is 10.9. The SMILES string of the molecule is CC(C)(CC(=O)O)c1cc2c(cc1Br)OCCO2. The van der Waals surface area contributed by atoms with Crippen LogP contribution < -0.4 is 9.47 Å². The molecule has 0 saturated heterocycles. The largest absolute Gasteiger partial charge is 0.486 e. The Bertz CT molecular complexity index is 482. The molecule has 98 valence electrons. The fourth-order valence-corrected chi connectivity index (χ4v) is 2.91. The highest BCUT2D eigenvalue weighted by Crippen LogP contribution is 2.41. The van der Waals surface area contributed by atoms with E-state index in [0.29, 0.717) is 24.7 Å². The van der Waals surface area contributed by atoms with Crippen molar-refractivity contribution in [2.75, 3.05) is 13.2 Å². The molecular weight excluding hydrogens is 300 g/mol. The van der Waals surface area contributed by atoms with Gasteiger partial charge < -0.3 is 14.6 Å². The quantitative estimate of drug-likeness (QED) is 0.932. The molecule has 1 aliphatic heterocycles. The monoisotopic (exact) mass is 314 g/mol. The first-order valence-electron chi connectivity index (χ1n) is 5.71. The van der Waals surface area contributed by atoms with Crippen LogP contribution in [0, 0.1) is 0 Å². The Labute approximate surface area is 114 Å². The van der Waals surface area contributed by atoms with Gasteiger partial charge in [0, 0.05) is 9.89 Å². The molecule has 0 fully saturated rings. The van der Waals surface area contributed by atoms with Crippen LogP contribution in [-0.2, 0) is 10.2 Å². The summed E-state index contributed by atoms with van der Waals surface area (Å²) in [6.45, 7) is 4.86. The minimum absolute atomic E-state index is 0.0608. The van der Waals surface area contributed by atoms with E-state index in [0.717, 1.165) is 10.0 Å². The van der Waals surface area contributed by atoms with Crippen molar-refractivity contribution in [2.24, 2.45) is 0 Å². The molecule has 0 unspecified atom stereocenters. The second-order valence-electron chi connectivity index (χ2n) is 4.93. The highest BCUT2D eigenvalue weighted by molar-refractivity contribution is 9.10. The van der Waals surface area contributed by atoms with Gasteiger partial charge in [-0.1, -0.05) is 29.8 Å². The topological polar surface area (TPSA) is 55.8 Å². The number of benzene rings is 1. The van der Waals surface area contributed by atoms with E-state index >= 15 is 0 Å². The fraction of sp³-hybridized carbons (Fsp3) is 0.462. The molecule has 18 heavy (non-hydrogen) atoms. The maximum Gasteiger partial charge on any atom is 0.304 e. The molecule has 5 heteroatoms. The minimum Gasteiger partial charge on any atom is -0.486 e. The first kappa shape index (κ1) is 13.2. The average molecular weight is 315 g/mol. The Morgan fingerprint density at radius 1 is 1.33 bits per heavy atom. The lowest BCUT2D eigenvalue weighted by Crippen LogP contribution is -2.23. The Balaban J connectivity index is 2.41. The van der Waals surface area contributed by atoms with Crippen LogP contribution in [-0.4, -0.2) is 24.3 Å². The number of ether oxygens (including phenoxy) is 2. The van der Waals surface area contributed by atoms with Gasteiger partial charge in [-0.05, 0) is 17.7 Å². The molecule has 0 amide bonds. The van der Waals surface area contributed by atoms with Crippen molar-refractivity contribution >= 4 is 21.9 Å². The van der Waals surface area contributed by atoms with Gasteiger partial charge in [0.25, 0.3) is 0 Å². The maximum absolute atomic E-state index is 10.9. The maximum atomic E-state index is 10.9. The molecule has 1 aromatic carbocycles. The molecule has 0 aliphatic carbocycles. The van der Waals surface area contributed by atoms with Crippen LogP contribution in [0.15, 0.2) is 16.6 Å². The van der Waals surface area contributed by atoms with Gasteiger partial charge in [0.2, 0.25) is 0 Å². The summed E-state index contributed by atoms with van der Waals surface area (Å²) in [6, 6.07) is 3.70. The van der Waals surface area contributed by atoms with Gasteiger partial charge in [-0.2, -0.15) is 0 Å². The smallest absolute Gasteiger partial charge is 0.304 e. The van der Waals surface area contributed by atoms with Gasteiger partial charge in [-0.25, -0.2) is 0 Å². The Morgan fingerprint density at radius 3 is 2.44 bits per heavy atom. The zero-order chi connectivity index (χ0) is 13.3. The van der Waals surface area contributed by atoms with E-state index in [1.165, 1.54) is 0 Å². The van der Waals surface area contributed by atoms with E-state index < -0.39 is 11.4 Å². The van der Waals surface area contributed by atoms with E-state index in [-0.39, 0.29) is 6.42 Å². The van der Waals surface area contributed by atoms with Crippen molar-refractivity contribution in [3.63, 3.8) is 0 Å². The molecule has 1 heterocycles. The van der Waals surface area contributed by atoms with E-state index in [9.17, 15) is 4.79 Å². The molecule has 4 nitrogen and oxygen atoms in total. The van der Waals surface area contributed by atoms with Crippen LogP contribution in [0.2, 0.25) is 0 Å². The lowest BCUT2D eigenvalue weighted by atomic mass is 9.81. The van der Waals surface area contributed by atoms with Gasteiger partial charge >= 0.3 is 5.97 Å². The van der Waals surface area contributed by atoms with Crippen molar-refractivity contribution in [1.29, 1.82) is 0 Å². The van der Waals surface area contributed by atoms with Crippen molar-refractivity contribution in [3.05, 3.63) is 22.2 Å². The number of fused-ring (bicyclic) bond motifs is 1. The highest BCUT2D eigenvalue weighted by Gasteiger charge is 2.28. The average Bonchev–Trinajstić information content (AvgIpc) is 2.26. The first-order valence-corrected chi connectivity index (χ1v) is 6.51. The summed E-state index contributed by atoms with van der Waals surface area (Å²) in [5.74, 6) is 0.558. The lowest BCUT2D eigenvalue weighted by molar-refractivity contribution is -0.138. The zero-order valence-electron chi connectivity index (χ0n) is 10.3. The molecule has 0 bridgehead atoms. The summed E-state index contributed by atoms with van der Waals surface area (Å²) < 4.78 is 11.9. The first-order chi connectivity index (χ1) is 8.40. The predicted molar refractivity (Wildman–Crippen MR) is 70.4 cm³/mol. The standard InChI is InChI=1S/C13H15BrO4/c1-13(2,7-12(15)16)8-5-10-11(6-9(8)14)18-4-3-17-10/h5-6H,3-4,7H2,1-2H3,(H,15,16). The third-order valence-electron chi connectivity index (χ3n) is 2.95. The minimum atomic E-state index is -0.818. The predicted octanol–water partition coefficient (Wildman–Crippen LogP) is 2.97. The Morgan fingerprint density at radius 2 is 1.89 bits per heavy atom. The number of hydrogen-bond acceptors (Lipinski definition) is 3. The third-order valence-corrected chi connectivity index (χ3v) is 3.61. The van der Waals surface area contributed by atoms with Gasteiger partial charge in [-0.3, -0.25) is 4.79 Å². The summed E-state index contributed by atoms with van der Waals surface area (Å²) in [7, 11) is 0. The number of aliphatic carboxylic acids is 1. The number of halogens is 1. The zero-order valence-corrected chi connectivity index (χ0v) is 11.9. The van der Waals surface area contributed by atoms with Gasteiger partial charge in [0.15, 0.2) is 11.5 Å². The second-order valence-corrected chi connectivity index (χ2v) is 5.78. The van der Waals surface area contributed by atoms with Crippen LogP contribution >= 0.6 is 15.9 Å². The van der Waals surface area contributed by atoms with Crippen molar-refractivity contribution < 1.29 is 19.4 Å². The molecule has 0 spiro atoms. The summed E-state index contributed by atoms with van der Waals surface area (Å²) in [5, 5.41) is 8.97. The molecule has 1 N–H and O–H groups in total. The lowest BCUT2D eigenvalue weighted by Gasteiger charge is -2.27. The van der Waals surface area contributed by atoms with E-state index in [4.69, 9.17) is 14.6 Å². The number of carbonyl (C=O) groups is 1. The molecule has 0 aromatic heterocycles. The van der Waals surface area contributed by atoms with Crippen molar-refractivity contribution in [1.82, 2.24) is 0 Å². The van der Waals surface area contributed by atoms with Gasteiger partial charge in [0.05, 0.1) is 6.42 Å². The fourth-order valence-electron chi connectivity index (χ4n) is 2.06. The van der Waals surface area contributed by atoms with E-state index in [1.54, 1.807) is 0 Å². The number of rotatable bonds is 3. The summed E-state index contributed by atoms with van der Waals surface area (Å²) in [5.41, 5.74) is 0.440. The van der Waals surface area contributed by atoms with Crippen LogP contribution in [0.25, 0.3) is 0 Å². The highest BCUT2D eigenvalue weighted by atomic mass is 79.9. The Hall–Kier alpha value is -1.23. The van der Waals surface area contributed by atoms with Gasteiger partial charge in [-0.15, -0.1) is 0 Å². The van der Waals surface area contributed by atoms with Gasteiger partial charge in [0.1, 0.15) is 13.2 Å². The van der Waals surface area contributed by atoms with Crippen molar-refractivity contribution in [2.45, 2.75) is 25.7 Å². The molecular formula is C13H15BrO4. The van der Waals surface area contributed by atoms with E-state index in [1.807, 2.05) is 26.0 Å². The molecule has 2 rings (SSSR count). The summed E-state index contributed by atoms with van der Waals surface area (Å²) >= 11 is 3.47. The Kier molecular flexibility index (Phi) is 3.52. The number of carboxylic acids is 1. The number of hydrogen-bond donors (Lipinski definition) is 1. The van der Waals surface area contributed by atoms with Crippen LogP contribution in [0.4, 0.5) is 0 Å². The molecule has 0 radical (unpaired) electrons. The van der Waals surface area contributed by atoms with Crippen LogP contribution in [0.1, 0.15) is 25.8 Å².